The van der Waals surface area contributed by atoms with Crippen LogP contribution < -0.4 is 5.32 Å². The van der Waals surface area contributed by atoms with Crippen LogP contribution in [0.2, 0.25) is 0 Å². The Morgan fingerprint density at radius 2 is 2.38 bits per heavy atom. The van der Waals surface area contributed by atoms with Crippen molar-refractivity contribution in [3.63, 3.8) is 0 Å². The van der Waals surface area contributed by atoms with Gasteiger partial charge in [-0.25, -0.2) is 0 Å². The van der Waals surface area contributed by atoms with Crippen molar-refractivity contribution in [3.8, 4) is 0 Å². The van der Waals surface area contributed by atoms with E-state index in [1.165, 1.54) is 17.9 Å². The summed E-state index contributed by atoms with van der Waals surface area (Å²) in [5, 5.41) is 3.25. The highest BCUT2D eigenvalue weighted by Crippen LogP contribution is 2.26. The molecule has 1 fully saturated rings. The number of rotatable bonds is 4. The maximum Gasteiger partial charge on any atom is 0.0164 e. The van der Waals surface area contributed by atoms with Gasteiger partial charge < -0.3 is 5.32 Å². The Morgan fingerprint density at radius 3 is 2.85 bits per heavy atom. The third kappa shape index (κ3) is 3.74. The van der Waals surface area contributed by atoms with Crippen molar-refractivity contribution >= 4 is 11.8 Å². The summed E-state index contributed by atoms with van der Waals surface area (Å²) in [5.41, 5.74) is 1.58. The molecular formula is C11H21NS. The SMILES string of the molecule is CNCC(=CC1CCSC1)C(C)C. The van der Waals surface area contributed by atoms with Crippen LogP contribution >= 0.6 is 11.8 Å². The fraction of sp³-hybridized carbons (Fsp3) is 0.818. The van der Waals surface area contributed by atoms with E-state index < -0.39 is 0 Å². The summed E-state index contributed by atoms with van der Waals surface area (Å²) in [7, 11) is 2.03. The van der Waals surface area contributed by atoms with Gasteiger partial charge in [-0.15, -0.1) is 0 Å². The predicted octanol–water partition coefficient (Wildman–Crippen LogP) is 2.54. The molecule has 0 saturated carbocycles. The van der Waals surface area contributed by atoms with Crippen LogP contribution in [0.5, 0.6) is 0 Å². The molecule has 76 valence electrons. The summed E-state index contributed by atoms with van der Waals surface area (Å²) in [6.45, 7) is 5.62. The molecule has 0 radical (unpaired) electrons. The molecule has 2 heteroatoms. The van der Waals surface area contributed by atoms with Crippen LogP contribution in [0.3, 0.4) is 0 Å². The Bertz CT molecular complexity index is 169. The van der Waals surface area contributed by atoms with E-state index in [0.717, 1.165) is 12.5 Å². The lowest BCUT2D eigenvalue weighted by Gasteiger charge is -2.13. The smallest absolute Gasteiger partial charge is 0.0164 e. The van der Waals surface area contributed by atoms with Crippen molar-refractivity contribution in [1.29, 1.82) is 0 Å². The van der Waals surface area contributed by atoms with Crippen LogP contribution in [0.25, 0.3) is 0 Å². The van der Waals surface area contributed by atoms with Crippen LogP contribution in [0, 0.1) is 11.8 Å². The highest BCUT2D eigenvalue weighted by molar-refractivity contribution is 7.99. The lowest BCUT2D eigenvalue weighted by atomic mass is 9.97. The van der Waals surface area contributed by atoms with Crippen molar-refractivity contribution in [3.05, 3.63) is 11.6 Å². The summed E-state index contributed by atoms with van der Waals surface area (Å²) < 4.78 is 0. The molecule has 1 rings (SSSR count). The molecule has 0 bridgehead atoms. The lowest BCUT2D eigenvalue weighted by molar-refractivity contribution is 0.666. The average molecular weight is 199 g/mol. The largest absolute Gasteiger partial charge is 0.316 e. The highest BCUT2D eigenvalue weighted by Gasteiger charge is 2.14. The van der Waals surface area contributed by atoms with E-state index >= 15 is 0 Å². The molecule has 1 atom stereocenters. The van der Waals surface area contributed by atoms with E-state index in [0.29, 0.717) is 5.92 Å². The molecule has 0 spiro atoms. The van der Waals surface area contributed by atoms with Crippen LogP contribution in [-0.4, -0.2) is 25.1 Å². The van der Waals surface area contributed by atoms with Crippen molar-refractivity contribution in [1.82, 2.24) is 5.32 Å². The standard InChI is InChI=1S/C11H21NS/c1-9(2)11(7-12-3)6-10-4-5-13-8-10/h6,9-10,12H,4-5,7-8H2,1-3H3. The van der Waals surface area contributed by atoms with E-state index in [9.17, 15) is 0 Å². The van der Waals surface area contributed by atoms with Crippen molar-refractivity contribution in [2.75, 3.05) is 25.1 Å². The fourth-order valence-corrected chi connectivity index (χ4v) is 2.85. The minimum absolute atomic E-state index is 0.693. The van der Waals surface area contributed by atoms with Crippen molar-refractivity contribution in [2.45, 2.75) is 20.3 Å². The molecule has 1 N–H and O–H groups in total. The number of hydrogen-bond acceptors (Lipinski definition) is 2. The molecule has 1 aliphatic heterocycles. The van der Waals surface area contributed by atoms with Gasteiger partial charge in [0, 0.05) is 6.54 Å². The van der Waals surface area contributed by atoms with Crippen molar-refractivity contribution in [2.24, 2.45) is 11.8 Å². The van der Waals surface area contributed by atoms with Gasteiger partial charge in [-0.3, -0.25) is 0 Å². The maximum absolute atomic E-state index is 3.25. The van der Waals surface area contributed by atoms with E-state index in [1.54, 1.807) is 5.57 Å². The first-order valence-electron chi connectivity index (χ1n) is 5.17. The molecule has 0 aliphatic carbocycles. The van der Waals surface area contributed by atoms with Gasteiger partial charge >= 0.3 is 0 Å². The third-order valence-electron chi connectivity index (χ3n) is 2.54. The fourth-order valence-electron chi connectivity index (χ4n) is 1.65. The second kappa shape index (κ2) is 5.71. The molecule has 0 aromatic heterocycles. The third-order valence-corrected chi connectivity index (χ3v) is 3.73. The first-order chi connectivity index (χ1) is 6.24. The first-order valence-corrected chi connectivity index (χ1v) is 6.32. The molecule has 0 aromatic rings. The summed E-state index contributed by atoms with van der Waals surface area (Å²) in [6.07, 6.45) is 3.88. The summed E-state index contributed by atoms with van der Waals surface area (Å²) in [5.74, 6) is 4.22. The summed E-state index contributed by atoms with van der Waals surface area (Å²) >= 11 is 2.09. The van der Waals surface area contributed by atoms with Crippen LogP contribution in [0.4, 0.5) is 0 Å². The lowest BCUT2D eigenvalue weighted by Crippen LogP contribution is -2.15. The van der Waals surface area contributed by atoms with Gasteiger partial charge in [0.25, 0.3) is 0 Å². The van der Waals surface area contributed by atoms with Gasteiger partial charge in [-0.05, 0) is 36.8 Å². The molecule has 1 heterocycles. The van der Waals surface area contributed by atoms with Gasteiger partial charge in [0.2, 0.25) is 0 Å². The minimum atomic E-state index is 0.693. The van der Waals surface area contributed by atoms with Gasteiger partial charge in [0.1, 0.15) is 0 Å². The van der Waals surface area contributed by atoms with Gasteiger partial charge in [0.15, 0.2) is 0 Å². The number of hydrogen-bond donors (Lipinski definition) is 1. The summed E-state index contributed by atoms with van der Waals surface area (Å²) in [6, 6.07) is 0. The van der Waals surface area contributed by atoms with Crippen molar-refractivity contribution < 1.29 is 0 Å². The number of nitrogens with one attached hydrogen (secondary N) is 1. The molecule has 0 aromatic carbocycles. The van der Waals surface area contributed by atoms with Gasteiger partial charge in [-0.2, -0.15) is 11.8 Å². The minimum Gasteiger partial charge on any atom is -0.316 e. The highest BCUT2D eigenvalue weighted by atomic mass is 32.2. The Morgan fingerprint density at radius 1 is 1.62 bits per heavy atom. The van der Waals surface area contributed by atoms with Gasteiger partial charge in [0.05, 0.1) is 0 Å². The van der Waals surface area contributed by atoms with Crippen LogP contribution in [0.1, 0.15) is 20.3 Å². The van der Waals surface area contributed by atoms with Gasteiger partial charge in [-0.1, -0.05) is 25.5 Å². The molecule has 1 saturated heterocycles. The predicted molar refractivity (Wildman–Crippen MR) is 62.3 cm³/mol. The zero-order chi connectivity index (χ0) is 9.68. The zero-order valence-corrected chi connectivity index (χ0v) is 9.79. The second-order valence-corrected chi connectivity index (χ2v) is 5.20. The Labute approximate surface area is 86.4 Å². The number of thioether (sulfide) groups is 1. The quantitative estimate of drug-likeness (QED) is 0.698. The van der Waals surface area contributed by atoms with E-state index in [4.69, 9.17) is 0 Å². The molecule has 0 amide bonds. The molecule has 1 unspecified atom stereocenters. The molecule has 1 aliphatic rings. The Balaban J connectivity index is 2.50. The maximum atomic E-state index is 3.25. The Kier molecular flexibility index (Phi) is 4.89. The normalized spacial score (nSPS) is 24.3. The average Bonchev–Trinajstić information content (AvgIpc) is 2.56. The molecule has 1 nitrogen and oxygen atoms in total. The van der Waals surface area contributed by atoms with E-state index in [2.05, 4.69) is 37.0 Å². The van der Waals surface area contributed by atoms with E-state index in [-0.39, 0.29) is 0 Å². The monoisotopic (exact) mass is 199 g/mol. The number of allylic oxidation sites excluding steroid dienone is 1. The second-order valence-electron chi connectivity index (χ2n) is 4.05. The Hall–Kier alpha value is 0.0500. The molecular weight excluding hydrogens is 178 g/mol. The van der Waals surface area contributed by atoms with Crippen LogP contribution in [0.15, 0.2) is 11.6 Å². The topological polar surface area (TPSA) is 12.0 Å². The molecule has 13 heavy (non-hydrogen) atoms. The first kappa shape index (κ1) is 11.1. The number of likely N-dealkylation sites (N-methyl/N-ethyl adjacent to an activating group) is 1. The van der Waals surface area contributed by atoms with Crippen LogP contribution in [-0.2, 0) is 0 Å². The summed E-state index contributed by atoms with van der Waals surface area (Å²) in [4.78, 5) is 0. The van der Waals surface area contributed by atoms with E-state index in [1.807, 2.05) is 7.05 Å². The zero-order valence-electron chi connectivity index (χ0n) is 8.97.